The number of carbonyl (C=O) groups is 2. The number of hydrogen-bond donors (Lipinski definition) is 2. The summed E-state index contributed by atoms with van der Waals surface area (Å²) in [6, 6.07) is 34.6. The van der Waals surface area contributed by atoms with Crippen LogP contribution < -0.4 is 15.5 Å². The Kier molecular flexibility index (Phi) is 8.79. The predicted octanol–water partition coefficient (Wildman–Crippen LogP) is 6.45. The highest BCUT2D eigenvalue weighted by atomic mass is 32.2. The Labute approximate surface area is 222 Å². The van der Waals surface area contributed by atoms with Gasteiger partial charge in [0.05, 0.1) is 0 Å². The zero-order valence-electron chi connectivity index (χ0n) is 20.8. The zero-order chi connectivity index (χ0) is 26.0. The molecular weight excluding hydrogens is 478 g/mol. The Morgan fingerprint density at radius 2 is 1.41 bits per heavy atom. The first kappa shape index (κ1) is 25.8. The number of carbonyl (C=O) groups excluding carboxylic acids is 2. The van der Waals surface area contributed by atoms with E-state index in [1.807, 2.05) is 91.8 Å². The smallest absolute Gasteiger partial charge is 0.272 e. The van der Waals surface area contributed by atoms with E-state index in [0.29, 0.717) is 11.3 Å². The second kappa shape index (κ2) is 12.6. The Morgan fingerprint density at radius 3 is 2.03 bits per heavy atom. The average molecular weight is 508 g/mol. The summed E-state index contributed by atoms with van der Waals surface area (Å²) >= 11 is 1.73. The lowest BCUT2D eigenvalue weighted by atomic mass is 10.1. The van der Waals surface area contributed by atoms with Crippen molar-refractivity contribution in [2.24, 2.45) is 0 Å². The molecule has 0 fully saturated rings. The number of benzene rings is 4. The first-order valence-electron chi connectivity index (χ1n) is 11.9. The fraction of sp³-hybridized carbons (Fsp3) is 0.0968. The Morgan fingerprint density at radius 1 is 0.784 bits per heavy atom. The molecule has 4 rings (SSSR count). The molecule has 0 atom stereocenters. The van der Waals surface area contributed by atoms with E-state index in [4.69, 9.17) is 0 Å². The van der Waals surface area contributed by atoms with Crippen molar-refractivity contribution in [3.05, 3.63) is 132 Å². The van der Waals surface area contributed by atoms with Gasteiger partial charge in [-0.1, -0.05) is 60.7 Å². The van der Waals surface area contributed by atoms with Crippen molar-refractivity contribution in [3.8, 4) is 0 Å². The van der Waals surface area contributed by atoms with E-state index in [9.17, 15) is 9.59 Å². The number of rotatable bonds is 9. The monoisotopic (exact) mass is 507 g/mol. The minimum absolute atomic E-state index is 0.161. The Bertz CT molecular complexity index is 1350. The molecule has 0 aliphatic heterocycles. The third kappa shape index (κ3) is 7.59. The van der Waals surface area contributed by atoms with Gasteiger partial charge >= 0.3 is 0 Å². The van der Waals surface area contributed by atoms with Gasteiger partial charge in [0.25, 0.3) is 11.8 Å². The largest absolute Gasteiger partial charge is 0.378 e. The minimum Gasteiger partial charge on any atom is -0.378 e. The molecule has 2 N–H and O–H groups in total. The van der Waals surface area contributed by atoms with Crippen LogP contribution in [0.3, 0.4) is 0 Å². The van der Waals surface area contributed by atoms with Crippen molar-refractivity contribution < 1.29 is 9.59 Å². The van der Waals surface area contributed by atoms with Crippen molar-refractivity contribution in [1.82, 2.24) is 5.32 Å². The molecular formula is C31H29N3O2S. The van der Waals surface area contributed by atoms with Crippen molar-refractivity contribution >= 4 is 41.0 Å². The molecule has 186 valence electrons. The van der Waals surface area contributed by atoms with Gasteiger partial charge in [-0.3, -0.25) is 9.59 Å². The van der Waals surface area contributed by atoms with E-state index >= 15 is 0 Å². The van der Waals surface area contributed by atoms with Crippen molar-refractivity contribution in [2.45, 2.75) is 10.6 Å². The lowest BCUT2D eigenvalue weighted by Crippen LogP contribution is -2.30. The lowest BCUT2D eigenvalue weighted by Gasteiger charge is -2.13. The number of thioether (sulfide) groups is 1. The van der Waals surface area contributed by atoms with E-state index in [2.05, 4.69) is 22.8 Å². The maximum atomic E-state index is 13.2. The van der Waals surface area contributed by atoms with Crippen LogP contribution in [-0.2, 0) is 10.5 Å². The van der Waals surface area contributed by atoms with Gasteiger partial charge in [0.1, 0.15) is 5.70 Å². The predicted molar refractivity (Wildman–Crippen MR) is 154 cm³/mol. The van der Waals surface area contributed by atoms with Crippen LogP contribution in [0.2, 0.25) is 0 Å². The van der Waals surface area contributed by atoms with Crippen LogP contribution in [0.25, 0.3) is 6.08 Å². The molecule has 6 heteroatoms. The summed E-state index contributed by atoms with van der Waals surface area (Å²) in [5, 5.41) is 5.69. The summed E-state index contributed by atoms with van der Waals surface area (Å²) in [4.78, 5) is 29.2. The van der Waals surface area contributed by atoms with Gasteiger partial charge in [-0.05, 0) is 65.7 Å². The molecule has 0 aromatic heterocycles. The van der Waals surface area contributed by atoms with Gasteiger partial charge in [0, 0.05) is 41.7 Å². The molecule has 0 saturated heterocycles. The van der Waals surface area contributed by atoms with Gasteiger partial charge in [-0.25, -0.2) is 0 Å². The molecule has 0 bridgehead atoms. The van der Waals surface area contributed by atoms with Crippen molar-refractivity contribution in [1.29, 1.82) is 0 Å². The molecule has 4 aromatic carbocycles. The molecule has 4 aromatic rings. The third-order valence-corrected chi connectivity index (χ3v) is 6.69. The molecule has 2 amide bonds. The number of anilines is 2. The number of amides is 2. The number of hydrogen-bond acceptors (Lipinski definition) is 4. The highest BCUT2D eigenvalue weighted by Crippen LogP contribution is 2.24. The van der Waals surface area contributed by atoms with Crippen LogP contribution in [0.5, 0.6) is 0 Å². The topological polar surface area (TPSA) is 61.4 Å². The summed E-state index contributed by atoms with van der Waals surface area (Å²) in [6.45, 7) is 0. The van der Waals surface area contributed by atoms with Gasteiger partial charge in [-0.2, -0.15) is 0 Å². The molecule has 0 saturated carbocycles. The summed E-state index contributed by atoms with van der Waals surface area (Å²) in [7, 11) is 3.94. The SMILES string of the molecule is CN(C)c1ccc(/C=C(\NC(=O)c2ccccc2)C(=O)Nc2ccc(SCc3ccccc3)cc2)cc1. The molecule has 37 heavy (non-hydrogen) atoms. The molecule has 0 spiro atoms. The summed E-state index contributed by atoms with van der Waals surface area (Å²) in [5.41, 5.74) is 4.39. The fourth-order valence-corrected chi connectivity index (χ4v) is 4.41. The van der Waals surface area contributed by atoms with Crippen LogP contribution in [-0.4, -0.2) is 25.9 Å². The van der Waals surface area contributed by atoms with E-state index in [1.54, 1.807) is 42.1 Å². The molecule has 0 radical (unpaired) electrons. The van der Waals surface area contributed by atoms with E-state index in [1.165, 1.54) is 5.56 Å². The van der Waals surface area contributed by atoms with Gasteiger partial charge in [0.2, 0.25) is 0 Å². The molecule has 5 nitrogen and oxygen atoms in total. The van der Waals surface area contributed by atoms with E-state index < -0.39 is 5.91 Å². The van der Waals surface area contributed by atoms with Crippen molar-refractivity contribution in [3.63, 3.8) is 0 Å². The maximum absolute atomic E-state index is 13.2. The average Bonchev–Trinajstić information content (AvgIpc) is 2.93. The quantitative estimate of drug-likeness (QED) is 0.202. The highest BCUT2D eigenvalue weighted by molar-refractivity contribution is 7.98. The zero-order valence-corrected chi connectivity index (χ0v) is 21.7. The third-order valence-electron chi connectivity index (χ3n) is 5.61. The number of nitrogens with zero attached hydrogens (tertiary/aromatic N) is 1. The Hall–Kier alpha value is -4.29. The first-order chi connectivity index (χ1) is 18.0. The van der Waals surface area contributed by atoms with Gasteiger partial charge < -0.3 is 15.5 Å². The molecule has 0 aliphatic rings. The van der Waals surface area contributed by atoms with Gasteiger partial charge in [-0.15, -0.1) is 11.8 Å². The van der Waals surface area contributed by atoms with Crippen LogP contribution in [0.4, 0.5) is 11.4 Å². The minimum atomic E-state index is -0.398. The summed E-state index contributed by atoms with van der Waals surface area (Å²) in [6.07, 6.45) is 1.68. The van der Waals surface area contributed by atoms with E-state index in [0.717, 1.165) is 21.9 Å². The highest BCUT2D eigenvalue weighted by Gasteiger charge is 2.15. The normalized spacial score (nSPS) is 11.0. The lowest BCUT2D eigenvalue weighted by molar-refractivity contribution is -0.113. The molecule has 0 heterocycles. The second-order valence-electron chi connectivity index (χ2n) is 8.62. The number of nitrogens with one attached hydrogen (secondary N) is 2. The summed E-state index contributed by atoms with van der Waals surface area (Å²) in [5.74, 6) is 0.127. The first-order valence-corrected chi connectivity index (χ1v) is 12.9. The maximum Gasteiger partial charge on any atom is 0.272 e. The summed E-state index contributed by atoms with van der Waals surface area (Å²) < 4.78 is 0. The fourth-order valence-electron chi connectivity index (χ4n) is 3.55. The van der Waals surface area contributed by atoms with Crippen LogP contribution in [0, 0.1) is 0 Å². The molecule has 0 unspecified atom stereocenters. The van der Waals surface area contributed by atoms with Crippen LogP contribution >= 0.6 is 11.8 Å². The Balaban J connectivity index is 1.48. The van der Waals surface area contributed by atoms with E-state index in [-0.39, 0.29) is 11.6 Å². The van der Waals surface area contributed by atoms with Gasteiger partial charge in [0.15, 0.2) is 0 Å². The van der Waals surface area contributed by atoms with Crippen LogP contribution in [0.1, 0.15) is 21.5 Å². The standard InChI is InChI=1S/C31H29N3O2S/c1-34(2)27-17-13-23(14-18-27)21-29(33-30(35)25-11-7-4-8-12-25)31(36)32-26-15-19-28(20-16-26)37-22-24-9-5-3-6-10-24/h3-21H,22H2,1-2H3,(H,32,36)(H,33,35)/b29-21-. The van der Waals surface area contributed by atoms with Crippen LogP contribution in [0.15, 0.2) is 120 Å². The van der Waals surface area contributed by atoms with Crippen molar-refractivity contribution in [2.75, 3.05) is 24.3 Å². The second-order valence-corrected chi connectivity index (χ2v) is 9.67. The molecule has 0 aliphatic carbocycles.